The third-order valence-corrected chi connectivity index (χ3v) is 4.10. The molecule has 0 atom stereocenters. The van der Waals surface area contributed by atoms with E-state index in [2.05, 4.69) is 25.8 Å². The highest BCUT2D eigenvalue weighted by atomic mass is 16.2. The highest BCUT2D eigenvalue weighted by Gasteiger charge is 2.21. The predicted octanol–water partition coefficient (Wildman–Crippen LogP) is 1.12. The van der Waals surface area contributed by atoms with E-state index >= 15 is 0 Å². The Kier molecular flexibility index (Phi) is 5.20. The Balaban J connectivity index is 1.42. The summed E-state index contributed by atoms with van der Waals surface area (Å²) in [7, 11) is 0. The number of pyridine rings is 1. The average Bonchev–Trinajstić information content (AvgIpc) is 3.05. The summed E-state index contributed by atoms with van der Waals surface area (Å²) in [6, 6.07) is 5.55. The van der Waals surface area contributed by atoms with Gasteiger partial charge in [0.1, 0.15) is 0 Å². The lowest BCUT2D eigenvalue weighted by atomic mass is 9.96. The first-order valence-corrected chi connectivity index (χ1v) is 8.25. The van der Waals surface area contributed by atoms with Gasteiger partial charge in [-0.05, 0) is 37.8 Å². The molecule has 2 aromatic rings. The number of amides is 2. The van der Waals surface area contributed by atoms with Crippen LogP contribution in [0, 0.1) is 0 Å². The van der Waals surface area contributed by atoms with Gasteiger partial charge in [-0.1, -0.05) is 6.07 Å². The maximum absolute atomic E-state index is 12.2. The van der Waals surface area contributed by atoms with Crippen molar-refractivity contribution in [2.75, 3.05) is 6.54 Å². The minimum atomic E-state index is -0.216. The minimum Gasteiger partial charge on any atom is -0.350 e. The summed E-state index contributed by atoms with van der Waals surface area (Å²) in [5.41, 5.74) is 3.37. The van der Waals surface area contributed by atoms with Crippen LogP contribution in [-0.4, -0.2) is 33.5 Å². The Morgan fingerprint density at radius 3 is 2.88 bits per heavy atom. The minimum absolute atomic E-state index is 0.120. The first-order valence-electron chi connectivity index (χ1n) is 8.25. The van der Waals surface area contributed by atoms with E-state index in [0.29, 0.717) is 12.2 Å². The lowest BCUT2D eigenvalue weighted by Gasteiger charge is -2.11. The summed E-state index contributed by atoms with van der Waals surface area (Å²) in [4.78, 5) is 28.1. The van der Waals surface area contributed by atoms with Gasteiger partial charge < -0.3 is 10.6 Å². The number of fused-ring (bicyclic) bond motifs is 1. The summed E-state index contributed by atoms with van der Waals surface area (Å²) in [5, 5.41) is 12.6. The van der Waals surface area contributed by atoms with Crippen LogP contribution in [0.1, 0.15) is 46.7 Å². The van der Waals surface area contributed by atoms with E-state index in [-0.39, 0.29) is 24.8 Å². The Morgan fingerprint density at radius 1 is 1.17 bits per heavy atom. The van der Waals surface area contributed by atoms with Crippen molar-refractivity contribution in [3.05, 3.63) is 47.0 Å². The number of aryl methyl sites for hydroxylation is 1. The Bertz CT molecular complexity index is 711. The van der Waals surface area contributed by atoms with Crippen LogP contribution in [0.5, 0.6) is 0 Å². The number of H-pyrrole nitrogens is 1. The number of nitrogens with zero attached hydrogens (tertiary/aromatic N) is 2. The second-order valence-electron chi connectivity index (χ2n) is 5.84. The molecule has 2 aromatic heterocycles. The van der Waals surface area contributed by atoms with Crippen molar-refractivity contribution < 1.29 is 9.59 Å². The zero-order valence-electron chi connectivity index (χ0n) is 13.5. The number of aromatic amines is 1. The van der Waals surface area contributed by atoms with Gasteiger partial charge >= 0.3 is 0 Å². The molecule has 2 heterocycles. The molecule has 1 aliphatic carbocycles. The highest BCUT2D eigenvalue weighted by molar-refractivity contribution is 5.94. The lowest BCUT2D eigenvalue weighted by molar-refractivity contribution is -0.121. The van der Waals surface area contributed by atoms with Crippen molar-refractivity contribution in [3.8, 4) is 0 Å². The third-order valence-electron chi connectivity index (χ3n) is 4.10. The van der Waals surface area contributed by atoms with Crippen molar-refractivity contribution in [2.24, 2.45) is 0 Å². The van der Waals surface area contributed by atoms with Crippen LogP contribution < -0.4 is 10.6 Å². The first kappa shape index (κ1) is 16.2. The van der Waals surface area contributed by atoms with Crippen molar-refractivity contribution >= 4 is 11.8 Å². The van der Waals surface area contributed by atoms with E-state index in [1.54, 1.807) is 6.20 Å². The van der Waals surface area contributed by atoms with Gasteiger partial charge in [-0.2, -0.15) is 5.10 Å². The van der Waals surface area contributed by atoms with Crippen LogP contribution in [0.3, 0.4) is 0 Å². The molecule has 0 unspecified atom stereocenters. The van der Waals surface area contributed by atoms with E-state index in [4.69, 9.17) is 0 Å². The van der Waals surface area contributed by atoms with E-state index < -0.39 is 0 Å². The molecule has 0 saturated heterocycles. The van der Waals surface area contributed by atoms with Crippen LogP contribution in [0.4, 0.5) is 0 Å². The highest BCUT2D eigenvalue weighted by Crippen LogP contribution is 2.21. The zero-order valence-corrected chi connectivity index (χ0v) is 13.5. The van der Waals surface area contributed by atoms with Crippen LogP contribution in [0.25, 0.3) is 0 Å². The Hall–Kier alpha value is -2.70. The Labute approximate surface area is 140 Å². The molecule has 0 aliphatic heterocycles. The van der Waals surface area contributed by atoms with Gasteiger partial charge in [0.25, 0.3) is 5.91 Å². The third kappa shape index (κ3) is 3.98. The lowest BCUT2D eigenvalue weighted by Crippen LogP contribution is -2.31. The number of rotatable bonds is 6. The maximum Gasteiger partial charge on any atom is 0.272 e. The van der Waals surface area contributed by atoms with Crippen molar-refractivity contribution in [1.82, 2.24) is 25.8 Å². The summed E-state index contributed by atoms with van der Waals surface area (Å²) in [5.74, 6) is -0.336. The van der Waals surface area contributed by atoms with Gasteiger partial charge in [0.05, 0.1) is 12.2 Å². The van der Waals surface area contributed by atoms with Crippen molar-refractivity contribution in [3.63, 3.8) is 0 Å². The van der Waals surface area contributed by atoms with E-state index in [1.807, 2.05) is 18.2 Å². The smallest absolute Gasteiger partial charge is 0.272 e. The van der Waals surface area contributed by atoms with Gasteiger partial charge in [0, 0.05) is 30.4 Å². The molecule has 0 bridgehead atoms. The van der Waals surface area contributed by atoms with E-state index in [1.165, 1.54) is 0 Å². The SMILES string of the molecule is O=C(CCNC(=O)c1n[nH]c2c1CCCC2)NCc1ccccn1. The van der Waals surface area contributed by atoms with Crippen molar-refractivity contribution in [2.45, 2.75) is 38.6 Å². The summed E-state index contributed by atoms with van der Waals surface area (Å²) in [6.45, 7) is 0.676. The molecule has 0 saturated carbocycles. The van der Waals surface area contributed by atoms with E-state index in [0.717, 1.165) is 42.6 Å². The molecule has 7 nitrogen and oxygen atoms in total. The van der Waals surface area contributed by atoms with E-state index in [9.17, 15) is 9.59 Å². The van der Waals surface area contributed by atoms with Gasteiger partial charge in [0.2, 0.25) is 5.91 Å². The number of nitrogens with one attached hydrogen (secondary N) is 3. The molecule has 0 radical (unpaired) electrons. The molecule has 1 aliphatic rings. The maximum atomic E-state index is 12.2. The second-order valence-corrected chi connectivity index (χ2v) is 5.84. The standard InChI is InChI=1S/C17H21N5O2/c23-15(20-11-12-5-3-4-9-18-12)8-10-19-17(24)16-13-6-1-2-7-14(13)21-22-16/h3-5,9H,1-2,6-8,10-11H2,(H,19,24)(H,20,23)(H,21,22). The fourth-order valence-corrected chi connectivity index (χ4v) is 2.82. The molecule has 24 heavy (non-hydrogen) atoms. The second kappa shape index (κ2) is 7.72. The van der Waals surface area contributed by atoms with Crippen LogP contribution >= 0.6 is 0 Å². The predicted molar refractivity (Wildman–Crippen MR) is 88.3 cm³/mol. The molecule has 0 spiro atoms. The Morgan fingerprint density at radius 2 is 2.04 bits per heavy atom. The fraction of sp³-hybridized carbons (Fsp3) is 0.412. The summed E-state index contributed by atoms with van der Waals surface area (Å²) in [6.07, 6.45) is 5.97. The summed E-state index contributed by atoms with van der Waals surface area (Å²) < 4.78 is 0. The molecular weight excluding hydrogens is 306 g/mol. The van der Waals surface area contributed by atoms with Gasteiger partial charge in [0.15, 0.2) is 5.69 Å². The normalized spacial score (nSPS) is 13.2. The number of hydrogen-bond donors (Lipinski definition) is 3. The van der Waals surface area contributed by atoms with Gasteiger partial charge in [-0.3, -0.25) is 19.7 Å². The largest absolute Gasteiger partial charge is 0.350 e. The molecule has 0 aromatic carbocycles. The van der Waals surface area contributed by atoms with Gasteiger partial charge in [-0.15, -0.1) is 0 Å². The zero-order chi connectivity index (χ0) is 16.8. The number of aromatic nitrogens is 3. The number of carbonyl (C=O) groups excluding carboxylic acids is 2. The topological polar surface area (TPSA) is 99.8 Å². The molecule has 7 heteroatoms. The van der Waals surface area contributed by atoms with Crippen LogP contribution in [0.15, 0.2) is 24.4 Å². The fourth-order valence-electron chi connectivity index (χ4n) is 2.82. The first-order chi connectivity index (χ1) is 11.7. The molecule has 3 N–H and O–H groups in total. The molecule has 2 amide bonds. The van der Waals surface area contributed by atoms with Gasteiger partial charge in [-0.25, -0.2) is 0 Å². The van der Waals surface area contributed by atoms with Crippen LogP contribution in [0.2, 0.25) is 0 Å². The van der Waals surface area contributed by atoms with Crippen LogP contribution in [-0.2, 0) is 24.2 Å². The molecule has 126 valence electrons. The molecule has 0 fully saturated rings. The van der Waals surface area contributed by atoms with Crippen molar-refractivity contribution in [1.29, 1.82) is 0 Å². The monoisotopic (exact) mass is 327 g/mol. The molecule has 3 rings (SSSR count). The number of carbonyl (C=O) groups is 2. The average molecular weight is 327 g/mol. The summed E-state index contributed by atoms with van der Waals surface area (Å²) >= 11 is 0. The number of hydrogen-bond acceptors (Lipinski definition) is 4. The molecular formula is C17H21N5O2. The quantitative estimate of drug-likeness (QED) is 0.740.